The fraction of sp³-hybridized carbons (Fsp3) is 0.400. The molecule has 0 saturated heterocycles. The predicted octanol–water partition coefficient (Wildman–Crippen LogP) is 0.973. The molecule has 2 aromatic heterocycles. The lowest BCUT2D eigenvalue weighted by atomic mass is 10.5. The highest BCUT2D eigenvalue weighted by molar-refractivity contribution is 9.10. The van der Waals surface area contributed by atoms with Crippen molar-refractivity contribution in [3.63, 3.8) is 0 Å². The van der Waals surface area contributed by atoms with Crippen molar-refractivity contribution < 1.29 is 8.42 Å². The van der Waals surface area contributed by atoms with Crippen LogP contribution in [0.15, 0.2) is 23.2 Å². The van der Waals surface area contributed by atoms with Crippen molar-refractivity contribution in [2.45, 2.75) is 0 Å². The second-order valence-electron chi connectivity index (χ2n) is 4.10. The van der Waals surface area contributed by atoms with Crippen molar-refractivity contribution in [2.24, 2.45) is 0 Å². The molecule has 0 aliphatic heterocycles. The number of anilines is 1. The maximum atomic E-state index is 11.2. The topological polar surface area (TPSA) is 67.6 Å². The van der Waals surface area contributed by atoms with E-state index in [4.69, 9.17) is 0 Å². The van der Waals surface area contributed by atoms with Crippen LogP contribution in [0.25, 0.3) is 5.65 Å². The van der Waals surface area contributed by atoms with Crippen molar-refractivity contribution in [2.75, 3.05) is 30.5 Å². The van der Waals surface area contributed by atoms with E-state index in [9.17, 15) is 8.42 Å². The van der Waals surface area contributed by atoms with Gasteiger partial charge in [-0.1, -0.05) is 0 Å². The van der Waals surface area contributed by atoms with Crippen LogP contribution in [0.2, 0.25) is 0 Å². The second kappa shape index (κ2) is 4.85. The summed E-state index contributed by atoms with van der Waals surface area (Å²) in [4.78, 5) is 10.3. The van der Waals surface area contributed by atoms with Crippen LogP contribution in [-0.4, -0.2) is 48.4 Å². The van der Waals surface area contributed by atoms with Crippen LogP contribution in [-0.2, 0) is 9.84 Å². The van der Waals surface area contributed by atoms with Gasteiger partial charge in [0.2, 0.25) is 0 Å². The van der Waals surface area contributed by atoms with Gasteiger partial charge in [-0.3, -0.25) is 0 Å². The maximum Gasteiger partial charge on any atom is 0.180 e. The third-order valence-corrected chi connectivity index (χ3v) is 3.79. The Bertz CT molecular complexity index is 668. The first-order valence-electron chi connectivity index (χ1n) is 5.25. The van der Waals surface area contributed by atoms with E-state index in [1.54, 1.807) is 24.3 Å². The SMILES string of the molecule is CN(CCS(C)(=O)=O)c1nc(Br)cn2ccnc12. The molecule has 18 heavy (non-hydrogen) atoms. The normalized spacial score (nSPS) is 11.9. The van der Waals surface area contributed by atoms with Gasteiger partial charge in [-0.05, 0) is 15.9 Å². The zero-order chi connectivity index (χ0) is 13.3. The molecule has 8 heteroatoms. The van der Waals surface area contributed by atoms with Gasteiger partial charge < -0.3 is 9.30 Å². The summed E-state index contributed by atoms with van der Waals surface area (Å²) in [5.74, 6) is 0.739. The average Bonchev–Trinajstić information content (AvgIpc) is 2.71. The molecule has 6 nitrogen and oxygen atoms in total. The molecule has 0 unspecified atom stereocenters. The van der Waals surface area contributed by atoms with E-state index < -0.39 is 9.84 Å². The van der Waals surface area contributed by atoms with E-state index in [1.165, 1.54) is 6.26 Å². The summed E-state index contributed by atoms with van der Waals surface area (Å²) in [6.45, 7) is 0.380. The Balaban J connectivity index is 2.32. The highest BCUT2D eigenvalue weighted by Crippen LogP contribution is 2.19. The predicted molar refractivity (Wildman–Crippen MR) is 73.7 cm³/mol. The zero-order valence-corrected chi connectivity index (χ0v) is 12.4. The molecule has 0 spiro atoms. The number of fused-ring (bicyclic) bond motifs is 1. The molecule has 98 valence electrons. The summed E-state index contributed by atoms with van der Waals surface area (Å²) < 4.78 is 24.9. The molecule has 0 aromatic carbocycles. The van der Waals surface area contributed by atoms with Crippen molar-refractivity contribution in [3.8, 4) is 0 Å². The number of hydrogen-bond donors (Lipinski definition) is 0. The number of rotatable bonds is 4. The maximum absolute atomic E-state index is 11.2. The van der Waals surface area contributed by atoms with Gasteiger partial charge >= 0.3 is 0 Å². The average molecular weight is 333 g/mol. The first-order chi connectivity index (χ1) is 8.37. The van der Waals surface area contributed by atoms with Crippen LogP contribution < -0.4 is 4.90 Å². The van der Waals surface area contributed by atoms with Crippen LogP contribution >= 0.6 is 15.9 Å². The fourth-order valence-corrected chi connectivity index (χ4v) is 2.54. The summed E-state index contributed by atoms with van der Waals surface area (Å²) >= 11 is 3.32. The Morgan fingerprint density at radius 1 is 1.50 bits per heavy atom. The van der Waals surface area contributed by atoms with Gasteiger partial charge in [-0.15, -0.1) is 0 Å². The van der Waals surface area contributed by atoms with Crippen molar-refractivity contribution in [1.29, 1.82) is 0 Å². The minimum Gasteiger partial charge on any atom is -0.356 e. The standard InChI is InChI=1S/C10H13BrN4O2S/c1-14(5-6-18(2,16)17)10-9-12-3-4-15(9)7-8(11)13-10/h3-4,7H,5-6H2,1-2H3. The molecule has 0 radical (unpaired) electrons. The molecule has 2 aromatic rings. The smallest absolute Gasteiger partial charge is 0.180 e. The number of aromatic nitrogens is 3. The molecule has 2 heterocycles. The Labute approximate surface area is 114 Å². The molecule has 0 aliphatic carbocycles. The van der Waals surface area contributed by atoms with E-state index in [2.05, 4.69) is 25.9 Å². The number of imidazole rings is 1. The van der Waals surface area contributed by atoms with Gasteiger partial charge in [0.05, 0.1) is 5.75 Å². The number of halogens is 1. The highest BCUT2D eigenvalue weighted by Gasteiger charge is 2.13. The number of nitrogens with zero attached hydrogens (tertiary/aromatic N) is 4. The molecule has 0 amide bonds. The van der Waals surface area contributed by atoms with Gasteiger partial charge in [-0.25, -0.2) is 18.4 Å². The summed E-state index contributed by atoms with van der Waals surface area (Å²) in [7, 11) is -1.19. The highest BCUT2D eigenvalue weighted by atomic mass is 79.9. The van der Waals surface area contributed by atoms with Gasteiger partial charge in [-0.2, -0.15) is 0 Å². The minimum absolute atomic E-state index is 0.0879. The molecule has 2 rings (SSSR count). The molecule has 0 fully saturated rings. The minimum atomic E-state index is -2.99. The lowest BCUT2D eigenvalue weighted by Gasteiger charge is -2.18. The summed E-state index contributed by atoms with van der Waals surface area (Å²) in [5, 5.41) is 0. The van der Waals surface area contributed by atoms with Gasteiger partial charge in [0.1, 0.15) is 14.4 Å². The largest absolute Gasteiger partial charge is 0.356 e. The van der Waals surface area contributed by atoms with Crippen LogP contribution in [0.1, 0.15) is 0 Å². The third-order valence-electron chi connectivity index (χ3n) is 2.49. The monoisotopic (exact) mass is 332 g/mol. The Morgan fingerprint density at radius 3 is 2.89 bits per heavy atom. The second-order valence-corrected chi connectivity index (χ2v) is 7.17. The quantitative estimate of drug-likeness (QED) is 0.834. The van der Waals surface area contributed by atoms with E-state index in [-0.39, 0.29) is 5.75 Å². The van der Waals surface area contributed by atoms with E-state index >= 15 is 0 Å². The van der Waals surface area contributed by atoms with Gasteiger partial charge in [0.25, 0.3) is 0 Å². The van der Waals surface area contributed by atoms with Crippen molar-refractivity contribution in [3.05, 3.63) is 23.2 Å². The molecule has 0 N–H and O–H groups in total. The van der Waals surface area contributed by atoms with Crippen molar-refractivity contribution in [1.82, 2.24) is 14.4 Å². The fourth-order valence-electron chi connectivity index (χ4n) is 1.55. The third kappa shape index (κ3) is 2.99. The molecule has 0 atom stereocenters. The molecular weight excluding hydrogens is 320 g/mol. The van der Waals surface area contributed by atoms with Crippen LogP contribution in [0, 0.1) is 0 Å². The van der Waals surface area contributed by atoms with Gasteiger partial charge in [0, 0.05) is 38.4 Å². The number of sulfone groups is 1. The molecule has 0 saturated carbocycles. The van der Waals surface area contributed by atoms with E-state index in [0.717, 1.165) is 0 Å². The number of hydrogen-bond acceptors (Lipinski definition) is 5. The van der Waals surface area contributed by atoms with Gasteiger partial charge in [0.15, 0.2) is 11.5 Å². The van der Waals surface area contributed by atoms with Crippen LogP contribution in [0.4, 0.5) is 5.82 Å². The Kier molecular flexibility index (Phi) is 3.58. The lowest BCUT2D eigenvalue weighted by molar-refractivity contribution is 0.601. The Morgan fingerprint density at radius 2 is 2.22 bits per heavy atom. The van der Waals surface area contributed by atoms with E-state index in [1.807, 2.05) is 10.6 Å². The zero-order valence-electron chi connectivity index (χ0n) is 10.0. The first-order valence-corrected chi connectivity index (χ1v) is 8.10. The Hall–Kier alpha value is -1.15. The molecular formula is C10H13BrN4O2S. The lowest BCUT2D eigenvalue weighted by Crippen LogP contribution is -2.26. The van der Waals surface area contributed by atoms with E-state index in [0.29, 0.717) is 22.6 Å². The molecule has 0 aliphatic rings. The summed E-state index contributed by atoms with van der Waals surface area (Å²) in [6.07, 6.45) is 6.52. The van der Waals surface area contributed by atoms with Crippen molar-refractivity contribution >= 4 is 37.2 Å². The first kappa shape index (κ1) is 13.3. The van der Waals surface area contributed by atoms with Crippen LogP contribution in [0.3, 0.4) is 0 Å². The summed E-state index contributed by atoms with van der Waals surface area (Å²) in [6, 6.07) is 0. The van der Waals surface area contributed by atoms with Crippen LogP contribution in [0.5, 0.6) is 0 Å². The summed E-state index contributed by atoms with van der Waals surface area (Å²) in [5.41, 5.74) is 0.703. The molecule has 0 bridgehead atoms.